The quantitative estimate of drug-likeness (QED) is 0.0272. The summed E-state index contributed by atoms with van der Waals surface area (Å²) in [6.07, 6.45) is 78.0. The van der Waals surface area contributed by atoms with Crippen LogP contribution in [0.1, 0.15) is 251 Å². The van der Waals surface area contributed by atoms with Gasteiger partial charge in [0.05, 0.1) is 39.9 Å². The lowest BCUT2D eigenvalue weighted by Gasteiger charge is -2.29. The SMILES string of the molecule is CC/C=C\C/C=C\C/C=C\C/C=C\C/C=C\C/C=C\C/C=C\CCCCCCCCCCCCCCCCCCCCCC(=O)NC(COP(=O)([O-])OCC[N+](C)(C)C)C(O)/C=C/CCCCCCCCCC. The van der Waals surface area contributed by atoms with Gasteiger partial charge < -0.3 is 28.8 Å². The summed E-state index contributed by atoms with van der Waals surface area (Å²) in [5.74, 6) is -0.199. The summed E-state index contributed by atoms with van der Waals surface area (Å²) in [6, 6.07) is -0.887. The first kappa shape index (κ1) is 70.4. The first-order valence-corrected chi connectivity index (χ1v) is 31.6. The van der Waals surface area contributed by atoms with Gasteiger partial charge in [-0.2, -0.15) is 0 Å². The molecular weight excluding hydrogens is 924 g/mol. The number of phosphoric ester groups is 1. The van der Waals surface area contributed by atoms with Crippen LogP contribution in [-0.2, 0) is 18.4 Å². The van der Waals surface area contributed by atoms with Gasteiger partial charge in [-0.1, -0.05) is 265 Å². The average molecular weight is 1040 g/mol. The summed E-state index contributed by atoms with van der Waals surface area (Å²) in [4.78, 5) is 25.4. The first-order chi connectivity index (χ1) is 35.5. The van der Waals surface area contributed by atoms with Crippen LogP contribution in [0.25, 0.3) is 0 Å². The second kappa shape index (κ2) is 54.2. The van der Waals surface area contributed by atoms with Crippen molar-refractivity contribution < 1.29 is 32.9 Å². The molecule has 0 bridgehead atoms. The number of aliphatic hydroxyl groups is 1. The van der Waals surface area contributed by atoms with Gasteiger partial charge in [0.2, 0.25) is 5.91 Å². The maximum absolute atomic E-state index is 12.9. The Morgan fingerprint density at radius 3 is 1.22 bits per heavy atom. The van der Waals surface area contributed by atoms with E-state index in [1.807, 2.05) is 27.2 Å². The molecule has 3 atom stereocenters. The van der Waals surface area contributed by atoms with Gasteiger partial charge in [-0.3, -0.25) is 9.36 Å². The number of rotatable bonds is 54. The molecule has 0 aliphatic rings. The van der Waals surface area contributed by atoms with Crippen LogP contribution in [0, 0.1) is 0 Å². The number of likely N-dealkylation sites (N-methyl/N-ethyl adjacent to an activating group) is 1. The van der Waals surface area contributed by atoms with Gasteiger partial charge in [0.25, 0.3) is 7.82 Å². The number of allylic oxidation sites excluding steroid dienone is 15. The minimum Gasteiger partial charge on any atom is -0.756 e. The lowest BCUT2D eigenvalue weighted by Crippen LogP contribution is -2.45. The number of nitrogens with one attached hydrogen (secondary N) is 1. The van der Waals surface area contributed by atoms with Gasteiger partial charge >= 0.3 is 0 Å². The molecule has 0 aromatic carbocycles. The highest BCUT2D eigenvalue weighted by Crippen LogP contribution is 2.38. The van der Waals surface area contributed by atoms with E-state index >= 15 is 0 Å². The topological polar surface area (TPSA) is 108 Å². The molecule has 0 aliphatic heterocycles. The van der Waals surface area contributed by atoms with E-state index in [2.05, 4.69) is 104 Å². The standard InChI is InChI=1S/C64H115N2O6P/c1-6-8-10-12-14-16-18-19-20-21-22-23-24-25-26-27-28-29-30-31-32-33-34-35-36-37-38-39-40-41-42-43-44-45-46-47-48-50-52-54-56-58-64(68)65-62(61-72-73(69,70)71-60-59-66(3,4)5)63(67)57-55-53-51-49-17-15-13-11-9-7-2/h8,10,14,16,19-20,22-23,25-26,28-29,31-32,55,57,62-63,67H,6-7,9,11-13,15,17-18,21,24,27,30,33-54,56,58-61H2,1-5H3,(H-,65,68,69,70)/b10-8-,16-14-,20-19-,23-22-,26-25-,29-28-,32-31-,57-55+. The van der Waals surface area contributed by atoms with Crippen molar-refractivity contribution in [2.24, 2.45) is 0 Å². The van der Waals surface area contributed by atoms with E-state index in [-0.39, 0.29) is 19.1 Å². The third-order valence-corrected chi connectivity index (χ3v) is 14.0. The summed E-state index contributed by atoms with van der Waals surface area (Å²) < 4.78 is 23.2. The Hall–Kier alpha value is -2.58. The van der Waals surface area contributed by atoms with Crippen molar-refractivity contribution in [2.75, 3.05) is 40.9 Å². The molecule has 0 heterocycles. The highest BCUT2D eigenvalue weighted by Gasteiger charge is 2.23. The maximum atomic E-state index is 12.9. The molecule has 0 aromatic rings. The molecule has 73 heavy (non-hydrogen) atoms. The van der Waals surface area contributed by atoms with Crippen LogP contribution >= 0.6 is 7.82 Å². The minimum atomic E-state index is -4.59. The van der Waals surface area contributed by atoms with Gasteiger partial charge in [0.1, 0.15) is 13.2 Å². The molecule has 0 aromatic heterocycles. The molecule has 8 nitrogen and oxygen atoms in total. The van der Waals surface area contributed by atoms with Crippen LogP contribution in [0.2, 0.25) is 0 Å². The Labute approximate surface area is 451 Å². The van der Waals surface area contributed by atoms with Crippen molar-refractivity contribution in [1.82, 2.24) is 5.32 Å². The number of hydrogen-bond acceptors (Lipinski definition) is 6. The fourth-order valence-electron chi connectivity index (χ4n) is 8.37. The predicted octanol–water partition coefficient (Wildman–Crippen LogP) is 18.0. The number of phosphoric acid groups is 1. The molecule has 2 N–H and O–H groups in total. The van der Waals surface area contributed by atoms with E-state index in [1.165, 1.54) is 148 Å². The van der Waals surface area contributed by atoms with E-state index in [9.17, 15) is 19.4 Å². The van der Waals surface area contributed by atoms with Crippen LogP contribution in [0.5, 0.6) is 0 Å². The zero-order valence-corrected chi connectivity index (χ0v) is 49.0. The molecule has 422 valence electrons. The van der Waals surface area contributed by atoms with Crippen molar-refractivity contribution in [3.8, 4) is 0 Å². The second-order valence-electron chi connectivity index (χ2n) is 21.3. The van der Waals surface area contributed by atoms with Crippen molar-refractivity contribution in [1.29, 1.82) is 0 Å². The van der Waals surface area contributed by atoms with Crippen molar-refractivity contribution >= 4 is 13.7 Å². The van der Waals surface area contributed by atoms with Crippen LogP contribution in [0.4, 0.5) is 0 Å². The van der Waals surface area contributed by atoms with Crippen molar-refractivity contribution in [3.63, 3.8) is 0 Å². The molecule has 0 radical (unpaired) electrons. The first-order valence-electron chi connectivity index (χ1n) is 30.1. The smallest absolute Gasteiger partial charge is 0.268 e. The summed E-state index contributed by atoms with van der Waals surface area (Å²) >= 11 is 0. The number of carbonyl (C=O) groups excluding carboxylic acids is 1. The van der Waals surface area contributed by atoms with Crippen LogP contribution in [0.3, 0.4) is 0 Å². The fourth-order valence-corrected chi connectivity index (χ4v) is 9.09. The van der Waals surface area contributed by atoms with E-state index in [1.54, 1.807) is 6.08 Å². The van der Waals surface area contributed by atoms with Crippen molar-refractivity contribution in [3.05, 3.63) is 97.2 Å². The number of nitrogens with zero attached hydrogens (tertiary/aromatic N) is 1. The molecule has 1 amide bonds. The number of amides is 1. The molecule has 0 aliphatic carbocycles. The number of unbranched alkanes of at least 4 members (excludes halogenated alkanes) is 27. The van der Waals surface area contributed by atoms with E-state index in [0.717, 1.165) is 83.5 Å². The van der Waals surface area contributed by atoms with Crippen LogP contribution in [0.15, 0.2) is 97.2 Å². The zero-order chi connectivity index (χ0) is 53.5. The molecule has 0 spiro atoms. The van der Waals surface area contributed by atoms with Gasteiger partial charge in [-0.25, -0.2) is 0 Å². The lowest BCUT2D eigenvalue weighted by molar-refractivity contribution is -0.870. The van der Waals surface area contributed by atoms with Gasteiger partial charge in [-0.05, 0) is 77.0 Å². The molecule has 0 saturated carbocycles. The fraction of sp³-hybridized carbons (Fsp3) is 0.734. The number of aliphatic hydroxyl groups excluding tert-OH is 1. The Kier molecular flexibility index (Phi) is 52.3. The summed E-state index contributed by atoms with van der Waals surface area (Å²) in [6.45, 7) is 4.51. The highest BCUT2D eigenvalue weighted by atomic mass is 31.2. The highest BCUT2D eigenvalue weighted by molar-refractivity contribution is 7.45. The summed E-state index contributed by atoms with van der Waals surface area (Å²) in [5.41, 5.74) is 0. The van der Waals surface area contributed by atoms with E-state index in [0.29, 0.717) is 17.4 Å². The number of carbonyl (C=O) groups is 1. The van der Waals surface area contributed by atoms with E-state index in [4.69, 9.17) is 9.05 Å². The number of hydrogen-bond donors (Lipinski definition) is 2. The molecule has 0 fully saturated rings. The van der Waals surface area contributed by atoms with Gasteiger partial charge in [0, 0.05) is 6.42 Å². The summed E-state index contributed by atoms with van der Waals surface area (Å²) in [7, 11) is 1.26. The van der Waals surface area contributed by atoms with E-state index < -0.39 is 20.0 Å². The molecule has 3 unspecified atom stereocenters. The molecular formula is C64H115N2O6P. The number of quaternary nitrogens is 1. The Morgan fingerprint density at radius 1 is 0.493 bits per heavy atom. The average Bonchev–Trinajstić information content (AvgIpc) is 3.35. The lowest BCUT2D eigenvalue weighted by atomic mass is 10.0. The molecule has 9 heteroatoms. The normalized spacial score (nSPS) is 14.6. The molecule has 0 rings (SSSR count). The Bertz CT molecular complexity index is 1510. The van der Waals surface area contributed by atoms with Crippen LogP contribution < -0.4 is 10.2 Å². The predicted molar refractivity (Wildman–Crippen MR) is 316 cm³/mol. The molecule has 0 saturated heterocycles. The Balaban J connectivity index is 3.88. The third kappa shape index (κ3) is 57.0. The monoisotopic (exact) mass is 1040 g/mol. The third-order valence-electron chi connectivity index (χ3n) is 13.0. The van der Waals surface area contributed by atoms with Gasteiger partial charge in [-0.15, -0.1) is 0 Å². The van der Waals surface area contributed by atoms with Gasteiger partial charge in [0.15, 0.2) is 0 Å². The largest absolute Gasteiger partial charge is 0.756 e. The Morgan fingerprint density at radius 2 is 0.836 bits per heavy atom. The maximum Gasteiger partial charge on any atom is 0.268 e. The second-order valence-corrected chi connectivity index (χ2v) is 22.7. The summed E-state index contributed by atoms with van der Waals surface area (Å²) in [5, 5.41) is 13.8. The minimum absolute atomic E-state index is 0.00267. The van der Waals surface area contributed by atoms with Crippen LogP contribution in [-0.4, -0.2) is 68.5 Å². The zero-order valence-electron chi connectivity index (χ0n) is 48.1. The van der Waals surface area contributed by atoms with Crippen molar-refractivity contribution in [2.45, 2.75) is 264 Å².